The van der Waals surface area contributed by atoms with Crippen molar-refractivity contribution >= 4 is 17.3 Å². The van der Waals surface area contributed by atoms with Crippen LogP contribution < -0.4 is 10.5 Å². The maximum absolute atomic E-state index is 11.3. The SMILES string of the molecule is COC(=O)COc1cccc(-c2nc(C3CCC3)n3ccnc(N)c23)c1. The smallest absolute Gasteiger partial charge is 0.343 e. The summed E-state index contributed by atoms with van der Waals surface area (Å²) in [5, 5.41) is 0. The first-order valence-electron chi connectivity index (χ1n) is 8.60. The summed E-state index contributed by atoms with van der Waals surface area (Å²) in [5.74, 6) is 2.07. The average molecular weight is 352 g/mol. The highest BCUT2D eigenvalue weighted by atomic mass is 16.6. The molecular weight excluding hydrogens is 332 g/mol. The molecule has 0 radical (unpaired) electrons. The minimum atomic E-state index is -0.427. The lowest BCUT2D eigenvalue weighted by molar-refractivity contribution is -0.142. The summed E-state index contributed by atoms with van der Waals surface area (Å²) in [4.78, 5) is 20.4. The lowest BCUT2D eigenvalue weighted by atomic mass is 9.85. The molecule has 1 saturated carbocycles. The van der Waals surface area contributed by atoms with Crippen molar-refractivity contribution in [2.75, 3.05) is 19.5 Å². The number of esters is 1. The van der Waals surface area contributed by atoms with Gasteiger partial charge in [0.2, 0.25) is 0 Å². The maximum Gasteiger partial charge on any atom is 0.343 e. The Kier molecular flexibility index (Phi) is 4.20. The topological polar surface area (TPSA) is 91.7 Å². The fraction of sp³-hybridized carbons (Fsp3) is 0.316. The molecule has 0 saturated heterocycles. The molecule has 0 spiro atoms. The van der Waals surface area contributed by atoms with E-state index in [4.69, 9.17) is 15.5 Å². The van der Waals surface area contributed by atoms with E-state index in [0.29, 0.717) is 17.5 Å². The zero-order valence-electron chi connectivity index (χ0n) is 14.5. The van der Waals surface area contributed by atoms with Crippen molar-refractivity contribution < 1.29 is 14.3 Å². The number of benzene rings is 1. The van der Waals surface area contributed by atoms with Crippen LogP contribution >= 0.6 is 0 Å². The number of imidazole rings is 1. The van der Waals surface area contributed by atoms with Crippen LogP contribution in [0.15, 0.2) is 36.7 Å². The zero-order chi connectivity index (χ0) is 18.1. The van der Waals surface area contributed by atoms with Crippen LogP contribution in [0.5, 0.6) is 5.75 Å². The standard InChI is InChI=1S/C19H20N4O3/c1-25-15(24)11-26-14-7-3-6-13(10-14)16-17-18(20)21-8-9-23(17)19(22-16)12-4-2-5-12/h3,6-10,12H,2,4-5,11H2,1H3,(H2,20,21). The number of rotatable bonds is 5. The Balaban J connectivity index is 1.76. The van der Waals surface area contributed by atoms with Crippen LogP contribution in [0, 0.1) is 0 Å². The molecule has 1 aliphatic carbocycles. The molecule has 1 aliphatic rings. The van der Waals surface area contributed by atoms with E-state index in [9.17, 15) is 4.79 Å². The maximum atomic E-state index is 11.3. The van der Waals surface area contributed by atoms with Gasteiger partial charge >= 0.3 is 5.97 Å². The highest BCUT2D eigenvalue weighted by molar-refractivity contribution is 5.85. The molecule has 0 amide bonds. The molecule has 2 aromatic heterocycles. The van der Waals surface area contributed by atoms with E-state index in [0.717, 1.165) is 35.4 Å². The van der Waals surface area contributed by atoms with E-state index in [1.165, 1.54) is 13.5 Å². The lowest BCUT2D eigenvalue weighted by Gasteiger charge is -2.23. The first kappa shape index (κ1) is 16.4. The predicted octanol–water partition coefficient (Wildman–Crippen LogP) is 2.80. The van der Waals surface area contributed by atoms with E-state index in [2.05, 4.69) is 9.72 Å². The van der Waals surface area contributed by atoms with Crippen molar-refractivity contribution in [1.82, 2.24) is 14.4 Å². The molecule has 0 aliphatic heterocycles. The Hall–Kier alpha value is -3.09. The van der Waals surface area contributed by atoms with Gasteiger partial charge in [-0.15, -0.1) is 0 Å². The first-order chi connectivity index (χ1) is 12.7. The second-order valence-corrected chi connectivity index (χ2v) is 6.37. The van der Waals surface area contributed by atoms with Gasteiger partial charge < -0.3 is 15.2 Å². The Morgan fingerprint density at radius 3 is 2.96 bits per heavy atom. The third-order valence-electron chi connectivity index (χ3n) is 4.77. The molecular formula is C19H20N4O3. The van der Waals surface area contributed by atoms with Crippen molar-refractivity contribution in [3.63, 3.8) is 0 Å². The fourth-order valence-electron chi connectivity index (χ4n) is 3.18. The summed E-state index contributed by atoms with van der Waals surface area (Å²) in [5.41, 5.74) is 8.61. The van der Waals surface area contributed by atoms with Crippen LogP contribution in [0.1, 0.15) is 31.0 Å². The summed E-state index contributed by atoms with van der Waals surface area (Å²) in [6.45, 7) is -0.138. The number of aromatic nitrogens is 3. The predicted molar refractivity (Wildman–Crippen MR) is 96.9 cm³/mol. The van der Waals surface area contributed by atoms with E-state index >= 15 is 0 Å². The van der Waals surface area contributed by atoms with Crippen molar-refractivity contribution in [2.24, 2.45) is 0 Å². The van der Waals surface area contributed by atoms with Gasteiger partial charge in [-0.1, -0.05) is 18.6 Å². The van der Waals surface area contributed by atoms with Crippen LogP contribution in [-0.2, 0) is 9.53 Å². The molecule has 26 heavy (non-hydrogen) atoms. The Morgan fingerprint density at radius 2 is 2.23 bits per heavy atom. The molecule has 2 N–H and O–H groups in total. The van der Waals surface area contributed by atoms with Crippen LogP contribution in [0.2, 0.25) is 0 Å². The molecule has 1 fully saturated rings. The second-order valence-electron chi connectivity index (χ2n) is 6.37. The van der Waals surface area contributed by atoms with Crippen LogP contribution in [0.4, 0.5) is 5.82 Å². The number of fused-ring (bicyclic) bond motifs is 1. The van der Waals surface area contributed by atoms with E-state index in [1.54, 1.807) is 12.3 Å². The van der Waals surface area contributed by atoms with E-state index < -0.39 is 5.97 Å². The minimum Gasteiger partial charge on any atom is -0.482 e. The van der Waals surface area contributed by atoms with Crippen LogP contribution in [0.25, 0.3) is 16.8 Å². The van der Waals surface area contributed by atoms with E-state index in [-0.39, 0.29) is 6.61 Å². The number of ether oxygens (including phenoxy) is 2. The number of carbonyl (C=O) groups is 1. The van der Waals surface area contributed by atoms with Gasteiger partial charge in [-0.3, -0.25) is 4.40 Å². The van der Waals surface area contributed by atoms with Gasteiger partial charge in [-0.25, -0.2) is 14.8 Å². The average Bonchev–Trinajstić information content (AvgIpc) is 2.99. The number of anilines is 1. The summed E-state index contributed by atoms with van der Waals surface area (Å²) < 4.78 is 12.1. The Bertz CT molecular complexity index is 963. The monoisotopic (exact) mass is 352 g/mol. The largest absolute Gasteiger partial charge is 0.482 e. The van der Waals surface area contributed by atoms with Gasteiger partial charge in [0.05, 0.1) is 7.11 Å². The summed E-state index contributed by atoms with van der Waals surface area (Å²) >= 11 is 0. The minimum absolute atomic E-state index is 0.138. The highest BCUT2D eigenvalue weighted by Crippen LogP contribution is 2.39. The number of hydrogen-bond donors (Lipinski definition) is 1. The lowest BCUT2D eigenvalue weighted by Crippen LogP contribution is -2.12. The highest BCUT2D eigenvalue weighted by Gasteiger charge is 2.26. The molecule has 3 aromatic rings. The number of methoxy groups -OCH3 is 1. The normalized spacial score (nSPS) is 14.2. The number of hydrogen-bond acceptors (Lipinski definition) is 6. The molecule has 0 atom stereocenters. The zero-order valence-corrected chi connectivity index (χ0v) is 14.5. The second kappa shape index (κ2) is 6.67. The quantitative estimate of drug-likeness (QED) is 0.710. The molecule has 1 aromatic carbocycles. The van der Waals surface area contributed by atoms with Crippen molar-refractivity contribution in [1.29, 1.82) is 0 Å². The molecule has 7 heteroatoms. The van der Waals surface area contributed by atoms with Crippen molar-refractivity contribution in [3.8, 4) is 17.0 Å². The fourth-order valence-corrected chi connectivity index (χ4v) is 3.18. The van der Waals surface area contributed by atoms with Crippen LogP contribution in [0.3, 0.4) is 0 Å². The van der Waals surface area contributed by atoms with Gasteiger partial charge in [0.25, 0.3) is 0 Å². The number of carbonyl (C=O) groups excluding carboxylic acids is 1. The molecule has 0 bridgehead atoms. The summed E-state index contributed by atoms with van der Waals surface area (Å²) in [6, 6.07) is 7.45. The number of nitrogens with zero attached hydrogens (tertiary/aromatic N) is 3. The van der Waals surface area contributed by atoms with Gasteiger partial charge in [0, 0.05) is 23.9 Å². The number of nitrogen functional groups attached to an aromatic ring is 1. The molecule has 0 unspecified atom stereocenters. The van der Waals surface area contributed by atoms with Crippen LogP contribution in [-0.4, -0.2) is 34.1 Å². The Morgan fingerprint density at radius 1 is 1.38 bits per heavy atom. The van der Waals surface area contributed by atoms with Gasteiger partial charge in [0.15, 0.2) is 6.61 Å². The third-order valence-corrected chi connectivity index (χ3v) is 4.77. The van der Waals surface area contributed by atoms with Gasteiger partial charge in [-0.2, -0.15) is 0 Å². The Labute approximate surface area is 150 Å². The summed E-state index contributed by atoms with van der Waals surface area (Å²) in [7, 11) is 1.33. The van der Waals surface area contributed by atoms with E-state index in [1.807, 2.05) is 28.8 Å². The molecule has 134 valence electrons. The van der Waals surface area contributed by atoms with Gasteiger partial charge in [0.1, 0.15) is 28.6 Å². The van der Waals surface area contributed by atoms with Crippen molar-refractivity contribution in [2.45, 2.75) is 25.2 Å². The number of nitrogens with two attached hydrogens (primary N) is 1. The molecule has 2 heterocycles. The third kappa shape index (κ3) is 2.85. The molecule has 4 rings (SSSR count). The van der Waals surface area contributed by atoms with Crippen molar-refractivity contribution in [3.05, 3.63) is 42.5 Å². The molecule has 7 nitrogen and oxygen atoms in total. The van der Waals surface area contributed by atoms with Gasteiger partial charge in [-0.05, 0) is 25.0 Å². The first-order valence-corrected chi connectivity index (χ1v) is 8.60. The summed E-state index contributed by atoms with van der Waals surface area (Å²) in [6.07, 6.45) is 7.12.